The maximum atomic E-state index is 9.11. The van der Waals surface area contributed by atoms with Gasteiger partial charge in [0.05, 0.1) is 0 Å². The van der Waals surface area contributed by atoms with Gasteiger partial charge in [0, 0.05) is 25.2 Å². The van der Waals surface area contributed by atoms with Gasteiger partial charge >= 0.3 is 0 Å². The summed E-state index contributed by atoms with van der Waals surface area (Å²) in [4.78, 5) is 2.30. The quantitative estimate of drug-likeness (QED) is 0.732. The molecule has 0 atom stereocenters. The third-order valence-electron chi connectivity index (χ3n) is 2.51. The van der Waals surface area contributed by atoms with Crippen molar-refractivity contribution in [3.8, 4) is 5.75 Å². The molecule has 1 aliphatic rings. The Hall–Kier alpha value is -1.06. The lowest BCUT2D eigenvalue weighted by molar-refractivity contribution is 0.0764. The molecular weight excluding hydrogens is 176 g/mol. The van der Waals surface area contributed by atoms with Crippen molar-refractivity contribution < 1.29 is 5.11 Å². The summed E-state index contributed by atoms with van der Waals surface area (Å²) in [6, 6.07) is 7.33. The number of phenolic OH excluding ortho intramolecular Hbond substituents is 1. The molecule has 1 heterocycles. The van der Waals surface area contributed by atoms with E-state index in [0.717, 1.165) is 19.6 Å². The van der Waals surface area contributed by atoms with Crippen LogP contribution in [0.3, 0.4) is 0 Å². The highest BCUT2D eigenvalue weighted by molar-refractivity contribution is 5.26. The third-order valence-corrected chi connectivity index (χ3v) is 2.51. The van der Waals surface area contributed by atoms with E-state index < -0.39 is 0 Å². The maximum Gasteiger partial charge on any atom is 0.115 e. The Labute approximate surface area is 84.1 Å². The molecule has 3 heteroatoms. The zero-order chi connectivity index (χ0) is 10.2. The molecule has 0 spiro atoms. The minimum atomic E-state index is -0.00306. The molecule has 0 bridgehead atoms. The Morgan fingerprint density at radius 3 is 2.43 bits per heavy atom. The topological polar surface area (TPSA) is 49.5 Å². The number of nitrogens with zero attached hydrogens (tertiary/aromatic N) is 1. The zero-order valence-corrected chi connectivity index (χ0v) is 8.40. The van der Waals surface area contributed by atoms with E-state index >= 15 is 0 Å². The van der Waals surface area contributed by atoms with Crippen LogP contribution in [0.1, 0.15) is 12.5 Å². The van der Waals surface area contributed by atoms with Crippen LogP contribution in [-0.2, 0) is 6.54 Å². The van der Waals surface area contributed by atoms with Crippen LogP contribution in [0.5, 0.6) is 5.75 Å². The van der Waals surface area contributed by atoms with Gasteiger partial charge in [-0.25, -0.2) is 0 Å². The van der Waals surface area contributed by atoms with Crippen molar-refractivity contribution in [3.05, 3.63) is 29.8 Å². The van der Waals surface area contributed by atoms with Gasteiger partial charge in [-0.1, -0.05) is 12.1 Å². The van der Waals surface area contributed by atoms with E-state index in [1.54, 1.807) is 12.1 Å². The van der Waals surface area contributed by atoms with Gasteiger partial charge in [0.1, 0.15) is 5.75 Å². The molecule has 0 aliphatic carbocycles. The first-order valence-electron chi connectivity index (χ1n) is 4.84. The lowest BCUT2D eigenvalue weighted by atomic mass is 9.93. The molecule has 3 nitrogen and oxygen atoms in total. The molecule has 0 saturated carbocycles. The van der Waals surface area contributed by atoms with E-state index in [1.807, 2.05) is 12.1 Å². The van der Waals surface area contributed by atoms with Crippen LogP contribution in [0.4, 0.5) is 0 Å². The number of phenols is 1. The second-order valence-electron chi connectivity index (χ2n) is 4.47. The number of aromatic hydroxyl groups is 1. The van der Waals surface area contributed by atoms with Crippen LogP contribution in [0.2, 0.25) is 0 Å². The summed E-state index contributed by atoms with van der Waals surface area (Å²) in [5.41, 5.74) is 7.13. The lowest BCUT2D eigenvalue weighted by Crippen LogP contribution is -2.64. The summed E-state index contributed by atoms with van der Waals surface area (Å²) < 4.78 is 0. The molecule has 1 fully saturated rings. The summed E-state index contributed by atoms with van der Waals surface area (Å²) >= 11 is 0. The Kier molecular flexibility index (Phi) is 2.21. The molecular formula is C11H16N2O. The normalized spacial score (nSPS) is 20.4. The van der Waals surface area contributed by atoms with E-state index in [0.29, 0.717) is 5.75 Å². The Balaban J connectivity index is 1.90. The van der Waals surface area contributed by atoms with Crippen LogP contribution in [0.15, 0.2) is 24.3 Å². The van der Waals surface area contributed by atoms with E-state index in [1.165, 1.54) is 5.56 Å². The number of likely N-dealkylation sites (tertiary alicyclic amines) is 1. The molecule has 3 N–H and O–H groups in total. The van der Waals surface area contributed by atoms with Gasteiger partial charge in [0.2, 0.25) is 0 Å². The highest BCUT2D eigenvalue weighted by atomic mass is 16.3. The molecule has 0 aromatic heterocycles. The first kappa shape index (κ1) is 9.49. The minimum absolute atomic E-state index is 0.00306. The molecule has 1 aromatic carbocycles. The molecule has 1 saturated heterocycles. The number of nitrogens with two attached hydrogens (primary N) is 1. The van der Waals surface area contributed by atoms with E-state index in [2.05, 4.69) is 11.8 Å². The van der Waals surface area contributed by atoms with Gasteiger partial charge in [-0.15, -0.1) is 0 Å². The second-order valence-corrected chi connectivity index (χ2v) is 4.47. The summed E-state index contributed by atoms with van der Waals surface area (Å²) in [5.74, 6) is 0.320. The number of hydrogen-bond acceptors (Lipinski definition) is 3. The molecule has 0 amide bonds. The monoisotopic (exact) mass is 192 g/mol. The fourth-order valence-corrected chi connectivity index (χ4v) is 1.95. The second kappa shape index (κ2) is 3.26. The van der Waals surface area contributed by atoms with E-state index in [-0.39, 0.29) is 5.54 Å². The lowest BCUT2D eigenvalue weighted by Gasteiger charge is -2.45. The molecule has 14 heavy (non-hydrogen) atoms. The SMILES string of the molecule is CC1(N)CN(Cc2ccc(O)cc2)C1. The van der Waals surface area contributed by atoms with Crippen molar-refractivity contribution in [2.75, 3.05) is 13.1 Å². The largest absolute Gasteiger partial charge is 0.508 e. The standard InChI is InChI=1S/C11H16N2O/c1-11(12)7-13(8-11)6-9-2-4-10(14)5-3-9/h2-5,14H,6-8,12H2,1H3. The Morgan fingerprint density at radius 2 is 1.93 bits per heavy atom. The van der Waals surface area contributed by atoms with Crippen LogP contribution in [0, 0.1) is 0 Å². The smallest absolute Gasteiger partial charge is 0.115 e. The third kappa shape index (κ3) is 2.05. The van der Waals surface area contributed by atoms with Crippen molar-refractivity contribution >= 4 is 0 Å². The average molecular weight is 192 g/mol. The number of hydrogen-bond donors (Lipinski definition) is 2. The average Bonchev–Trinajstić information content (AvgIpc) is 2.06. The van der Waals surface area contributed by atoms with Crippen LogP contribution in [0.25, 0.3) is 0 Å². The fraction of sp³-hybridized carbons (Fsp3) is 0.455. The van der Waals surface area contributed by atoms with Gasteiger partial charge in [-0.05, 0) is 24.6 Å². The summed E-state index contributed by atoms with van der Waals surface area (Å²) in [6.07, 6.45) is 0. The van der Waals surface area contributed by atoms with Gasteiger partial charge < -0.3 is 10.8 Å². The van der Waals surface area contributed by atoms with E-state index in [9.17, 15) is 0 Å². The Bertz CT molecular complexity index is 311. The summed E-state index contributed by atoms with van der Waals surface area (Å²) in [5, 5.41) is 9.11. The summed E-state index contributed by atoms with van der Waals surface area (Å²) in [7, 11) is 0. The zero-order valence-electron chi connectivity index (χ0n) is 8.40. The summed E-state index contributed by atoms with van der Waals surface area (Å²) in [6.45, 7) is 4.90. The fourth-order valence-electron chi connectivity index (χ4n) is 1.95. The molecule has 2 rings (SSSR count). The van der Waals surface area contributed by atoms with Crippen molar-refractivity contribution in [2.24, 2.45) is 5.73 Å². The highest BCUT2D eigenvalue weighted by Gasteiger charge is 2.34. The highest BCUT2D eigenvalue weighted by Crippen LogP contribution is 2.20. The molecule has 76 valence electrons. The molecule has 1 aromatic rings. The van der Waals surface area contributed by atoms with Crippen molar-refractivity contribution in [1.82, 2.24) is 4.90 Å². The first-order valence-corrected chi connectivity index (χ1v) is 4.84. The van der Waals surface area contributed by atoms with Gasteiger partial charge in [0.15, 0.2) is 0 Å². The van der Waals surface area contributed by atoms with Crippen molar-refractivity contribution in [2.45, 2.75) is 19.0 Å². The minimum Gasteiger partial charge on any atom is -0.508 e. The predicted octanol–water partition coefficient (Wildman–Crippen LogP) is 0.925. The maximum absolute atomic E-state index is 9.11. The van der Waals surface area contributed by atoms with Crippen LogP contribution < -0.4 is 5.73 Å². The van der Waals surface area contributed by atoms with Gasteiger partial charge in [0.25, 0.3) is 0 Å². The number of benzene rings is 1. The molecule has 0 unspecified atom stereocenters. The number of rotatable bonds is 2. The molecule has 1 aliphatic heterocycles. The van der Waals surface area contributed by atoms with Crippen molar-refractivity contribution in [3.63, 3.8) is 0 Å². The predicted molar refractivity (Wildman–Crippen MR) is 56.0 cm³/mol. The molecule has 0 radical (unpaired) electrons. The van der Waals surface area contributed by atoms with Crippen molar-refractivity contribution in [1.29, 1.82) is 0 Å². The van der Waals surface area contributed by atoms with Gasteiger partial charge in [-0.2, -0.15) is 0 Å². The van der Waals surface area contributed by atoms with Crippen LogP contribution in [-0.4, -0.2) is 28.6 Å². The Morgan fingerprint density at radius 1 is 1.36 bits per heavy atom. The van der Waals surface area contributed by atoms with Crippen LogP contribution >= 0.6 is 0 Å². The van der Waals surface area contributed by atoms with E-state index in [4.69, 9.17) is 10.8 Å². The first-order chi connectivity index (χ1) is 6.55. The van der Waals surface area contributed by atoms with Gasteiger partial charge in [-0.3, -0.25) is 4.90 Å².